The maximum absolute atomic E-state index is 13.1. The van der Waals surface area contributed by atoms with Gasteiger partial charge in [0.15, 0.2) is 0 Å². The second-order valence-corrected chi connectivity index (χ2v) is 4.80. The molecule has 2 rings (SSSR count). The van der Waals surface area contributed by atoms with Gasteiger partial charge in [-0.2, -0.15) is 0 Å². The number of hydrogen-bond acceptors (Lipinski definition) is 2. The summed E-state index contributed by atoms with van der Waals surface area (Å²) in [6, 6.07) is 12.9. The predicted octanol–water partition coefficient (Wildman–Crippen LogP) is 3.55. The Morgan fingerprint density at radius 3 is 2.37 bits per heavy atom. The molecule has 2 aromatic carbocycles. The third-order valence-electron chi connectivity index (χ3n) is 3.24. The maximum Gasteiger partial charge on any atom is 0.123 e. The summed E-state index contributed by atoms with van der Waals surface area (Å²) < 4.78 is 13.1. The topological polar surface area (TPSA) is 38.0 Å². The van der Waals surface area contributed by atoms with E-state index in [1.54, 1.807) is 6.07 Å². The molecule has 0 fully saturated rings. The van der Waals surface area contributed by atoms with E-state index in [1.165, 1.54) is 17.7 Å². The fourth-order valence-electron chi connectivity index (χ4n) is 2.14. The van der Waals surface area contributed by atoms with Crippen molar-refractivity contribution in [2.24, 2.45) is 5.73 Å². The smallest absolute Gasteiger partial charge is 0.123 e. The number of nitrogens with two attached hydrogens (primary N) is 1. The van der Waals surface area contributed by atoms with Crippen LogP contribution in [0.1, 0.15) is 22.7 Å². The average molecular weight is 258 g/mol. The molecular formula is C16H19FN2. The molecule has 3 heteroatoms. The lowest BCUT2D eigenvalue weighted by molar-refractivity contribution is 0.624. The standard InChI is InChI=1S/C16H19FN2/c1-11-3-6-14(7-4-11)19-16(10-18)15-8-5-13(17)9-12(15)2/h3-9,16,19H,10,18H2,1-2H3. The summed E-state index contributed by atoms with van der Waals surface area (Å²) in [5, 5.41) is 3.39. The van der Waals surface area contributed by atoms with Crippen LogP contribution in [-0.2, 0) is 0 Å². The summed E-state index contributed by atoms with van der Waals surface area (Å²) in [5.41, 5.74) is 10.0. The fraction of sp³-hybridized carbons (Fsp3) is 0.250. The van der Waals surface area contributed by atoms with Crippen molar-refractivity contribution in [3.8, 4) is 0 Å². The molecule has 0 aromatic heterocycles. The molecule has 2 nitrogen and oxygen atoms in total. The zero-order valence-corrected chi connectivity index (χ0v) is 11.3. The van der Waals surface area contributed by atoms with E-state index < -0.39 is 0 Å². The average Bonchev–Trinajstić information content (AvgIpc) is 2.39. The normalized spacial score (nSPS) is 12.2. The highest BCUT2D eigenvalue weighted by molar-refractivity contribution is 5.47. The lowest BCUT2D eigenvalue weighted by atomic mass is 10.0. The molecule has 0 aliphatic heterocycles. The summed E-state index contributed by atoms with van der Waals surface area (Å²) >= 11 is 0. The Balaban J connectivity index is 2.22. The SMILES string of the molecule is Cc1ccc(NC(CN)c2ccc(F)cc2C)cc1. The monoisotopic (exact) mass is 258 g/mol. The van der Waals surface area contributed by atoms with E-state index in [0.29, 0.717) is 6.54 Å². The van der Waals surface area contributed by atoms with Gasteiger partial charge in [0.05, 0.1) is 6.04 Å². The van der Waals surface area contributed by atoms with Crippen LogP contribution in [0.2, 0.25) is 0 Å². The van der Waals surface area contributed by atoms with Crippen LogP contribution in [0.5, 0.6) is 0 Å². The number of nitrogens with one attached hydrogen (secondary N) is 1. The van der Waals surface area contributed by atoms with Crippen LogP contribution in [0.4, 0.5) is 10.1 Å². The molecule has 0 spiro atoms. The zero-order chi connectivity index (χ0) is 13.8. The van der Waals surface area contributed by atoms with Gasteiger partial charge in [0.2, 0.25) is 0 Å². The number of hydrogen-bond donors (Lipinski definition) is 2. The van der Waals surface area contributed by atoms with Crippen molar-refractivity contribution < 1.29 is 4.39 Å². The van der Waals surface area contributed by atoms with Gasteiger partial charge in [-0.25, -0.2) is 4.39 Å². The first-order valence-electron chi connectivity index (χ1n) is 6.39. The molecular weight excluding hydrogens is 239 g/mol. The second kappa shape index (κ2) is 5.85. The molecule has 0 bridgehead atoms. The van der Waals surface area contributed by atoms with Crippen molar-refractivity contribution >= 4 is 5.69 Å². The van der Waals surface area contributed by atoms with E-state index in [1.807, 2.05) is 38.1 Å². The first-order valence-corrected chi connectivity index (χ1v) is 6.39. The van der Waals surface area contributed by atoms with E-state index in [9.17, 15) is 4.39 Å². The van der Waals surface area contributed by atoms with Crippen LogP contribution in [0.25, 0.3) is 0 Å². The van der Waals surface area contributed by atoms with Crippen LogP contribution in [0, 0.1) is 19.7 Å². The number of rotatable bonds is 4. The third-order valence-corrected chi connectivity index (χ3v) is 3.24. The number of halogens is 1. The van der Waals surface area contributed by atoms with Crippen molar-refractivity contribution in [3.63, 3.8) is 0 Å². The van der Waals surface area contributed by atoms with E-state index in [-0.39, 0.29) is 11.9 Å². The van der Waals surface area contributed by atoms with Crippen LogP contribution in [0.3, 0.4) is 0 Å². The van der Waals surface area contributed by atoms with Crippen molar-refractivity contribution in [2.45, 2.75) is 19.9 Å². The van der Waals surface area contributed by atoms with Crippen molar-refractivity contribution in [2.75, 3.05) is 11.9 Å². The highest BCUT2D eigenvalue weighted by Crippen LogP contribution is 2.22. The molecule has 0 radical (unpaired) electrons. The number of benzene rings is 2. The summed E-state index contributed by atoms with van der Waals surface area (Å²) in [4.78, 5) is 0. The van der Waals surface area contributed by atoms with E-state index >= 15 is 0 Å². The van der Waals surface area contributed by atoms with Gasteiger partial charge in [0.25, 0.3) is 0 Å². The van der Waals surface area contributed by atoms with Gasteiger partial charge in [-0.05, 0) is 49.2 Å². The minimum atomic E-state index is -0.215. The van der Waals surface area contributed by atoms with Crippen molar-refractivity contribution in [1.29, 1.82) is 0 Å². The van der Waals surface area contributed by atoms with E-state index in [0.717, 1.165) is 16.8 Å². The molecule has 0 heterocycles. The Morgan fingerprint density at radius 1 is 1.11 bits per heavy atom. The molecule has 2 aromatic rings. The Bertz CT molecular complexity index is 549. The molecule has 0 amide bonds. The lowest BCUT2D eigenvalue weighted by Gasteiger charge is -2.20. The maximum atomic E-state index is 13.1. The predicted molar refractivity (Wildman–Crippen MR) is 77.7 cm³/mol. The van der Waals surface area contributed by atoms with Crippen LogP contribution in [0.15, 0.2) is 42.5 Å². The quantitative estimate of drug-likeness (QED) is 0.880. The minimum absolute atomic E-state index is 0.0108. The summed E-state index contributed by atoms with van der Waals surface area (Å²) in [5.74, 6) is -0.215. The van der Waals surface area contributed by atoms with Gasteiger partial charge in [-0.15, -0.1) is 0 Å². The Kier molecular flexibility index (Phi) is 4.17. The Labute approximate surface area is 113 Å². The van der Waals surface area contributed by atoms with Gasteiger partial charge in [0.1, 0.15) is 5.82 Å². The zero-order valence-electron chi connectivity index (χ0n) is 11.3. The largest absolute Gasteiger partial charge is 0.377 e. The first kappa shape index (κ1) is 13.6. The van der Waals surface area contributed by atoms with E-state index in [2.05, 4.69) is 5.32 Å². The molecule has 1 unspecified atom stereocenters. The first-order chi connectivity index (χ1) is 9.10. The van der Waals surface area contributed by atoms with Crippen LogP contribution in [-0.4, -0.2) is 6.54 Å². The third kappa shape index (κ3) is 3.32. The van der Waals surface area contributed by atoms with Crippen LogP contribution < -0.4 is 11.1 Å². The molecule has 0 aliphatic rings. The molecule has 1 atom stereocenters. The minimum Gasteiger partial charge on any atom is -0.377 e. The molecule has 0 saturated carbocycles. The number of aryl methyl sites for hydroxylation is 2. The van der Waals surface area contributed by atoms with Gasteiger partial charge in [0, 0.05) is 12.2 Å². The summed E-state index contributed by atoms with van der Waals surface area (Å²) in [6.45, 7) is 4.41. The fourth-order valence-corrected chi connectivity index (χ4v) is 2.14. The van der Waals surface area contributed by atoms with E-state index in [4.69, 9.17) is 5.73 Å². The molecule has 0 saturated heterocycles. The van der Waals surface area contributed by atoms with Gasteiger partial charge < -0.3 is 11.1 Å². The Morgan fingerprint density at radius 2 is 1.79 bits per heavy atom. The summed E-state index contributed by atoms with van der Waals surface area (Å²) in [6.07, 6.45) is 0. The molecule has 100 valence electrons. The van der Waals surface area contributed by atoms with Gasteiger partial charge in [-0.1, -0.05) is 23.8 Å². The second-order valence-electron chi connectivity index (χ2n) is 4.80. The number of anilines is 1. The molecule has 0 aliphatic carbocycles. The summed E-state index contributed by atoms with van der Waals surface area (Å²) in [7, 11) is 0. The Hall–Kier alpha value is -1.87. The van der Waals surface area contributed by atoms with Crippen molar-refractivity contribution in [3.05, 3.63) is 65.0 Å². The van der Waals surface area contributed by atoms with Crippen molar-refractivity contribution in [1.82, 2.24) is 0 Å². The highest BCUT2D eigenvalue weighted by atomic mass is 19.1. The molecule has 3 N–H and O–H groups in total. The highest BCUT2D eigenvalue weighted by Gasteiger charge is 2.12. The van der Waals surface area contributed by atoms with Gasteiger partial charge >= 0.3 is 0 Å². The van der Waals surface area contributed by atoms with Gasteiger partial charge in [-0.3, -0.25) is 0 Å². The lowest BCUT2D eigenvalue weighted by Crippen LogP contribution is -2.21. The molecule has 19 heavy (non-hydrogen) atoms. The van der Waals surface area contributed by atoms with Crippen LogP contribution >= 0.6 is 0 Å².